The molecule has 7 rings (SSSR count). The van der Waals surface area contributed by atoms with Crippen molar-refractivity contribution in [2.45, 2.75) is 25.7 Å². The molecule has 5 aliphatic rings. The van der Waals surface area contributed by atoms with Crippen molar-refractivity contribution in [3.8, 4) is 5.75 Å². The van der Waals surface area contributed by atoms with Crippen LogP contribution in [0.25, 0.3) is 0 Å². The number of benzene rings is 2. The van der Waals surface area contributed by atoms with E-state index >= 15 is 0 Å². The van der Waals surface area contributed by atoms with Gasteiger partial charge in [0.1, 0.15) is 12.4 Å². The van der Waals surface area contributed by atoms with Gasteiger partial charge >= 0.3 is 0 Å². The molecule has 4 atom stereocenters. The highest BCUT2D eigenvalue weighted by molar-refractivity contribution is 6.25. The van der Waals surface area contributed by atoms with Crippen LogP contribution in [0.1, 0.15) is 31.2 Å². The highest BCUT2D eigenvalue weighted by atomic mass is 16.5. The van der Waals surface area contributed by atoms with Crippen LogP contribution >= 0.6 is 0 Å². The van der Waals surface area contributed by atoms with Gasteiger partial charge in [-0.15, -0.1) is 0 Å². The number of ether oxygens (including phenoxy) is 2. The molecule has 0 radical (unpaired) electrons. The minimum atomic E-state index is -0.625. The number of anilines is 2. The Bertz CT molecular complexity index is 1630. The molecule has 2 amide bonds. The smallest absolute Gasteiger partial charge is 0.238 e. The van der Waals surface area contributed by atoms with Gasteiger partial charge in [-0.05, 0) is 73.7 Å². The summed E-state index contributed by atoms with van der Waals surface area (Å²) < 4.78 is 11.0. The van der Waals surface area contributed by atoms with Crippen molar-refractivity contribution in [2.24, 2.45) is 17.8 Å². The first-order valence-electron chi connectivity index (χ1n) is 15.2. The topological polar surface area (TPSA) is 113 Å². The van der Waals surface area contributed by atoms with Crippen LogP contribution in [0.15, 0.2) is 83.0 Å². The molecule has 3 aliphatic carbocycles. The van der Waals surface area contributed by atoms with E-state index in [9.17, 15) is 19.2 Å². The lowest BCUT2D eigenvalue weighted by Crippen LogP contribution is -2.39. The van der Waals surface area contributed by atoms with Crippen LogP contribution in [0.5, 0.6) is 5.75 Å². The molecule has 2 fully saturated rings. The van der Waals surface area contributed by atoms with Crippen molar-refractivity contribution >= 4 is 34.8 Å². The number of Topliss-reactive ketones (excluding diaryl/α,β-unsaturated/α-hetero) is 1. The number of rotatable bonds is 6. The van der Waals surface area contributed by atoms with Crippen LogP contribution in [0.4, 0.5) is 11.4 Å². The number of ketones is 2. The van der Waals surface area contributed by atoms with Gasteiger partial charge < -0.3 is 19.5 Å². The van der Waals surface area contributed by atoms with E-state index in [1.54, 1.807) is 19.1 Å². The number of allylic oxidation sites excluding steroid dienone is 6. The highest BCUT2D eigenvalue weighted by Crippen LogP contribution is 2.55. The first-order chi connectivity index (χ1) is 21.4. The largest absolute Gasteiger partial charge is 0.491 e. The van der Waals surface area contributed by atoms with Crippen molar-refractivity contribution in [2.75, 3.05) is 49.3 Å². The van der Waals surface area contributed by atoms with Gasteiger partial charge in [0.25, 0.3) is 0 Å². The Morgan fingerprint density at radius 3 is 2.32 bits per heavy atom. The lowest BCUT2D eigenvalue weighted by Gasteiger charge is -2.42. The summed E-state index contributed by atoms with van der Waals surface area (Å²) in [5.74, 6) is -2.33. The van der Waals surface area contributed by atoms with Gasteiger partial charge in [-0.1, -0.05) is 23.8 Å². The SMILES string of the molecule is CC1=CC(=O)C2=C(C1=O)[C@@H](c1ccc(OCCO)cc1)C1=CC[C@@H]3C(=O)N(c4ccc(N5CCOCC5)cc4)C(=O)[C@@H]3[C@@H]1C2. The van der Waals surface area contributed by atoms with Crippen LogP contribution in [-0.4, -0.2) is 68.0 Å². The molecular formula is C35H34N2O7. The summed E-state index contributed by atoms with van der Waals surface area (Å²) in [7, 11) is 0. The van der Waals surface area contributed by atoms with Gasteiger partial charge in [-0.3, -0.25) is 24.1 Å². The number of aliphatic hydroxyl groups is 1. The molecule has 2 saturated heterocycles. The van der Waals surface area contributed by atoms with E-state index in [-0.39, 0.29) is 48.9 Å². The maximum Gasteiger partial charge on any atom is 0.238 e. The number of carbonyl (C=O) groups excluding carboxylic acids is 4. The molecule has 9 nitrogen and oxygen atoms in total. The third kappa shape index (κ3) is 4.62. The average Bonchev–Trinajstić information content (AvgIpc) is 3.31. The number of aliphatic hydroxyl groups excluding tert-OH is 1. The predicted molar refractivity (Wildman–Crippen MR) is 162 cm³/mol. The molecule has 2 aliphatic heterocycles. The fourth-order valence-corrected chi connectivity index (χ4v) is 7.55. The van der Waals surface area contributed by atoms with Crippen molar-refractivity contribution in [1.82, 2.24) is 0 Å². The maximum atomic E-state index is 14.2. The van der Waals surface area contributed by atoms with E-state index in [1.807, 2.05) is 42.5 Å². The summed E-state index contributed by atoms with van der Waals surface area (Å²) >= 11 is 0. The van der Waals surface area contributed by atoms with E-state index in [2.05, 4.69) is 4.90 Å². The van der Waals surface area contributed by atoms with Gasteiger partial charge in [0.15, 0.2) is 11.6 Å². The zero-order valence-electron chi connectivity index (χ0n) is 24.5. The van der Waals surface area contributed by atoms with Gasteiger partial charge in [0.2, 0.25) is 11.8 Å². The predicted octanol–water partition coefficient (Wildman–Crippen LogP) is 3.53. The summed E-state index contributed by atoms with van der Waals surface area (Å²) in [4.78, 5) is 58.5. The van der Waals surface area contributed by atoms with Gasteiger partial charge in [-0.25, -0.2) is 0 Å². The summed E-state index contributed by atoms with van der Waals surface area (Å²) in [6.07, 6.45) is 4.05. The second kappa shape index (κ2) is 11.3. The molecule has 44 heavy (non-hydrogen) atoms. The molecule has 0 unspecified atom stereocenters. The van der Waals surface area contributed by atoms with E-state index in [4.69, 9.17) is 14.6 Å². The van der Waals surface area contributed by atoms with Crippen LogP contribution in [0.2, 0.25) is 0 Å². The van der Waals surface area contributed by atoms with Gasteiger partial charge in [0, 0.05) is 41.4 Å². The Balaban J connectivity index is 1.23. The third-order valence-corrected chi connectivity index (χ3v) is 9.62. The highest BCUT2D eigenvalue weighted by Gasteiger charge is 2.56. The molecule has 1 N–H and O–H groups in total. The van der Waals surface area contributed by atoms with Crippen molar-refractivity contribution in [3.05, 3.63) is 88.5 Å². The fraction of sp³-hybridized carbons (Fsp3) is 0.371. The molecule has 0 aromatic heterocycles. The number of morpholine rings is 1. The number of fused-ring (bicyclic) bond motifs is 3. The lowest BCUT2D eigenvalue weighted by atomic mass is 9.59. The second-order valence-corrected chi connectivity index (χ2v) is 12.0. The van der Waals surface area contributed by atoms with Crippen molar-refractivity contribution < 1.29 is 33.8 Å². The molecule has 2 aromatic rings. The molecular weight excluding hydrogens is 560 g/mol. The van der Waals surface area contributed by atoms with Gasteiger partial charge in [-0.2, -0.15) is 0 Å². The Labute approximate surface area is 255 Å². The van der Waals surface area contributed by atoms with Gasteiger partial charge in [0.05, 0.1) is 37.3 Å². The Kier molecular flexibility index (Phi) is 7.30. The molecule has 0 saturated carbocycles. The number of imide groups is 1. The summed E-state index contributed by atoms with van der Waals surface area (Å²) in [5, 5.41) is 9.12. The second-order valence-electron chi connectivity index (χ2n) is 12.0. The number of hydrogen-bond donors (Lipinski definition) is 1. The van der Waals surface area contributed by atoms with Crippen molar-refractivity contribution in [1.29, 1.82) is 0 Å². The van der Waals surface area contributed by atoms with E-state index in [1.165, 1.54) is 11.0 Å². The van der Waals surface area contributed by atoms with E-state index in [0.717, 1.165) is 29.9 Å². The van der Waals surface area contributed by atoms with Crippen LogP contribution in [-0.2, 0) is 23.9 Å². The lowest BCUT2D eigenvalue weighted by molar-refractivity contribution is -0.123. The molecule has 2 aromatic carbocycles. The number of amides is 2. The zero-order valence-corrected chi connectivity index (χ0v) is 24.5. The minimum Gasteiger partial charge on any atom is -0.491 e. The molecule has 2 heterocycles. The first kappa shape index (κ1) is 28.4. The normalized spacial score (nSPS) is 26.7. The van der Waals surface area contributed by atoms with Crippen LogP contribution in [0.3, 0.4) is 0 Å². The third-order valence-electron chi connectivity index (χ3n) is 9.62. The van der Waals surface area contributed by atoms with Crippen LogP contribution < -0.4 is 14.5 Å². The Morgan fingerprint density at radius 2 is 1.61 bits per heavy atom. The molecule has 9 heteroatoms. The summed E-state index contributed by atoms with van der Waals surface area (Å²) in [6, 6.07) is 14.8. The summed E-state index contributed by atoms with van der Waals surface area (Å²) in [6.45, 7) is 4.61. The summed E-state index contributed by atoms with van der Waals surface area (Å²) in [5.41, 5.74) is 4.58. The molecule has 0 spiro atoms. The average molecular weight is 595 g/mol. The Hall–Kier alpha value is -4.34. The quantitative estimate of drug-likeness (QED) is 0.307. The fourth-order valence-electron chi connectivity index (χ4n) is 7.55. The number of nitrogens with zero attached hydrogens (tertiary/aromatic N) is 2. The van der Waals surface area contributed by atoms with Crippen molar-refractivity contribution in [3.63, 3.8) is 0 Å². The van der Waals surface area contributed by atoms with Crippen LogP contribution in [0, 0.1) is 17.8 Å². The maximum absolute atomic E-state index is 14.2. The standard InChI is InChI=1S/C35H34N2O7/c1-20-18-29(39)28-19-27-25(30(32(28)33(20)40)21-2-8-24(9-3-21)44-17-14-38)10-11-26-31(27)35(42)37(34(26)41)23-6-4-22(5-7-23)36-12-15-43-16-13-36/h2-10,18,26-27,30-31,38H,11-17,19H2,1H3/t26-,27+,30-,31-/m0/s1. The molecule has 0 bridgehead atoms. The number of hydrogen-bond acceptors (Lipinski definition) is 8. The minimum absolute atomic E-state index is 0.109. The first-order valence-corrected chi connectivity index (χ1v) is 15.2. The monoisotopic (exact) mass is 594 g/mol. The zero-order chi connectivity index (χ0) is 30.5. The van der Waals surface area contributed by atoms with E-state index in [0.29, 0.717) is 47.8 Å². The van der Waals surface area contributed by atoms with E-state index < -0.39 is 17.8 Å². The number of carbonyl (C=O) groups is 4. The molecule has 226 valence electrons. The Morgan fingerprint density at radius 1 is 0.909 bits per heavy atom.